The molecule has 0 aliphatic carbocycles. The van der Waals surface area contributed by atoms with Crippen LogP contribution in [0, 0.1) is 0 Å². The molecule has 1 aliphatic rings. The fourth-order valence-electron chi connectivity index (χ4n) is 2.25. The normalized spacial score (nSPS) is 25.0. The predicted molar refractivity (Wildman–Crippen MR) is 66.3 cm³/mol. The van der Waals surface area contributed by atoms with Crippen LogP contribution in [0.4, 0.5) is 0 Å². The second-order valence-electron chi connectivity index (χ2n) is 4.89. The van der Waals surface area contributed by atoms with E-state index in [4.69, 9.17) is 0 Å². The summed E-state index contributed by atoms with van der Waals surface area (Å²) in [5, 5.41) is 3.48. The standard InChI is InChI=1S/C12H27N3/c1-5-15-9-8-14(10-12(15)4)7-6-13-11(2)3/h11-13H,5-10H2,1-4H3. The number of piperazine rings is 1. The number of nitrogens with one attached hydrogen (secondary N) is 1. The average molecular weight is 213 g/mol. The summed E-state index contributed by atoms with van der Waals surface area (Å²) < 4.78 is 0. The van der Waals surface area contributed by atoms with Crippen molar-refractivity contribution < 1.29 is 0 Å². The third kappa shape index (κ3) is 4.49. The summed E-state index contributed by atoms with van der Waals surface area (Å²) in [6.07, 6.45) is 0. The van der Waals surface area contributed by atoms with E-state index in [2.05, 4.69) is 42.8 Å². The van der Waals surface area contributed by atoms with Gasteiger partial charge in [0.05, 0.1) is 0 Å². The Labute approximate surface area is 94.8 Å². The largest absolute Gasteiger partial charge is 0.313 e. The molecule has 1 fully saturated rings. The first-order valence-electron chi connectivity index (χ1n) is 6.33. The molecule has 15 heavy (non-hydrogen) atoms. The van der Waals surface area contributed by atoms with Crippen LogP contribution in [0.5, 0.6) is 0 Å². The van der Waals surface area contributed by atoms with Gasteiger partial charge in [0, 0.05) is 44.8 Å². The van der Waals surface area contributed by atoms with E-state index in [-0.39, 0.29) is 0 Å². The molecule has 1 heterocycles. The van der Waals surface area contributed by atoms with Gasteiger partial charge in [0.25, 0.3) is 0 Å². The Balaban J connectivity index is 2.17. The number of hydrogen-bond acceptors (Lipinski definition) is 3. The van der Waals surface area contributed by atoms with E-state index in [9.17, 15) is 0 Å². The summed E-state index contributed by atoms with van der Waals surface area (Å²) in [4.78, 5) is 5.14. The Hall–Kier alpha value is -0.120. The first-order chi connectivity index (χ1) is 7.13. The average Bonchev–Trinajstić information content (AvgIpc) is 2.17. The molecule has 1 unspecified atom stereocenters. The number of nitrogens with zero attached hydrogens (tertiary/aromatic N) is 2. The highest BCUT2D eigenvalue weighted by molar-refractivity contribution is 4.78. The zero-order valence-corrected chi connectivity index (χ0v) is 10.8. The van der Waals surface area contributed by atoms with Crippen LogP contribution < -0.4 is 5.32 Å². The lowest BCUT2D eigenvalue weighted by Crippen LogP contribution is -2.52. The lowest BCUT2D eigenvalue weighted by molar-refractivity contribution is 0.0884. The topological polar surface area (TPSA) is 18.5 Å². The highest BCUT2D eigenvalue weighted by atomic mass is 15.3. The Morgan fingerprint density at radius 1 is 1.33 bits per heavy atom. The van der Waals surface area contributed by atoms with E-state index in [0.29, 0.717) is 6.04 Å². The highest BCUT2D eigenvalue weighted by Gasteiger charge is 2.21. The molecule has 0 bridgehead atoms. The van der Waals surface area contributed by atoms with Gasteiger partial charge in [0.15, 0.2) is 0 Å². The molecule has 1 N–H and O–H groups in total. The first kappa shape index (κ1) is 12.9. The zero-order valence-electron chi connectivity index (χ0n) is 10.8. The summed E-state index contributed by atoms with van der Waals surface area (Å²) in [6.45, 7) is 16.2. The van der Waals surface area contributed by atoms with Crippen LogP contribution in [0.1, 0.15) is 27.7 Å². The monoisotopic (exact) mass is 213 g/mol. The molecular formula is C12H27N3. The zero-order chi connectivity index (χ0) is 11.3. The van der Waals surface area contributed by atoms with Crippen LogP contribution in [0.3, 0.4) is 0 Å². The SMILES string of the molecule is CCN1CCN(CCNC(C)C)CC1C. The van der Waals surface area contributed by atoms with Crippen molar-refractivity contribution in [2.24, 2.45) is 0 Å². The lowest BCUT2D eigenvalue weighted by Gasteiger charge is -2.39. The van der Waals surface area contributed by atoms with Crippen molar-refractivity contribution in [2.75, 3.05) is 39.3 Å². The maximum Gasteiger partial charge on any atom is 0.0195 e. The highest BCUT2D eigenvalue weighted by Crippen LogP contribution is 2.07. The fraction of sp³-hybridized carbons (Fsp3) is 1.00. The molecular weight excluding hydrogens is 186 g/mol. The fourth-order valence-corrected chi connectivity index (χ4v) is 2.25. The van der Waals surface area contributed by atoms with Crippen molar-refractivity contribution in [3.8, 4) is 0 Å². The van der Waals surface area contributed by atoms with Crippen molar-refractivity contribution >= 4 is 0 Å². The number of likely N-dealkylation sites (N-methyl/N-ethyl adjacent to an activating group) is 1. The Kier molecular flexibility index (Phi) is 5.58. The number of rotatable bonds is 5. The molecule has 0 aromatic rings. The minimum absolute atomic E-state index is 0.611. The molecule has 0 radical (unpaired) electrons. The van der Waals surface area contributed by atoms with Gasteiger partial charge in [-0.2, -0.15) is 0 Å². The molecule has 0 spiro atoms. The summed E-state index contributed by atoms with van der Waals surface area (Å²) in [7, 11) is 0. The van der Waals surface area contributed by atoms with Gasteiger partial charge in [0.2, 0.25) is 0 Å². The van der Waals surface area contributed by atoms with Gasteiger partial charge in [-0.15, -0.1) is 0 Å². The quantitative estimate of drug-likeness (QED) is 0.735. The van der Waals surface area contributed by atoms with Gasteiger partial charge in [-0.1, -0.05) is 20.8 Å². The van der Waals surface area contributed by atoms with Crippen LogP contribution in [0.25, 0.3) is 0 Å². The smallest absolute Gasteiger partial charge is 0.0195 e. The Morgan fingerprint density at radius 3 is 2.60 bits per heavy atom. The van der Waals surface area contributed by atoms with Gasteiger partial charge in [-0.25, -0.2) is 0 Å². The molecule has 3 nitrogen and oxygen atoms in total. The van der Waals surface area contributed by atoms with Crippen molar-refractivity contribution in [2.45, 2.75) is 39.8 Å². The molecule has 1 saturated heterocycles. The molecule has 0 aromatic heterocycles. The van der Waals surface area contributed by atoms with Crippen molar-refractivity contribution in [3.63, 3.8) is 0 Å². The molecule has 3 heteroatoms. The minimum Gasteiger partial charge on any atom is -0.313 e. The van der Waals surface area contributed by atoms with Crippen molar-refractivity contribution in [3.05, 3.63) is 0 Å². The molecule has 1 atom stereocenters. The summed E-state index contributed by atoms with van der Waals surface area (Å²) in [5.41, 5.74) is 0. The van der Waals surface area contributed by atoms with E-state index < -0.39 is 0 Å². The van der Waals surface area contributed by atoms with Crippen molar-refractivity contribution in [1.82, 2.24) is 15.1 Å². The molecule has 1 aliphatic heterocycles. The van der Waals surface area contributed by atoms with E-state index in [1.54, 1.807) is 0 Å². The Morgan fingerprint density at radius 2 is 2.07 bits per heavy atom. The second kappa shape index (κ2) is 6.46. The summed E-state index contributed by atoms with van der Waals surface area (Å²) in [6, 6.07) is 1.34. The number of hydrogen-bond donors (Lipinski definition) is 1. The summed E-state index contributed by atoms with van der Waals surface area (Å²) in [5.74, 6) is 0. The van der Waals surface area contributed by atoms with E-state index in [1.165, 1.54) is 32.7 Å². The molecule has 1 rings (SSSR count). The van der Waals surface area contributed by atoms with Crippen LogP contribution in [-0.4, -0.2) is 61.2 Å². The van der Waals surface area contributed by atoms with E-state index in [1.807, 2.05) is 0 Å². The van der Waals surface area contributed by atoms with Crippen LogP contribution in [-0.2, 0) is 0 Å². The first-order valence-corrected chi connectivity index (χ1v) is 6.33. The third-order valence-corrected chi connectivity index (χ3v) is 3.24. The lowest BCUT2D eigenvalue weighted by atomic mass is 10.2. The molecule has 90 valence electrons. The molecule has 0 saturated carbocycles. The van der Waals surface area contributed by atoms with Gasteiger partial charge in [0.1, 0.15) is 0 Å². The maximum absolute atomic E-state index is 3.48. The van der Waals surface area contributed by atoms with E-state index >= 15 is 0 Å². The maximum atomic E-state index is 3.48. The van der Waals surface area contributed by atoms with Crippen LogP contribution in [0.2, 0.25) is 0 Å². The van der Waals surface area contributed by atoms with Crippen LogP contribution in [0.15, 0.2) is 0 Å². The van der Waals surface area contributed by atoms with Crippen LogP contribution >= 0.6 is 0 Å². The minimum atomic E-state index is 0.611. The third-order valence-electron chi connectivity index (χ3n) is 3.24. The summed E-state index contributed by atoms with van der Waals surface area (Å²) >= 11 is 0. The van der Waals surface area contributed by atoms with Gasteiger partial charge in [-0.3, -0.25) is 9.80 Å². The second-order valence-corrected chi connectivity index (χ2v) is 4.89. The van der Waals surface area contributed by atoms with Gasteiger partial charge >= 0.3 is 0 Å². The predicted octanol–water partition coefficient (Wildman–Crippen LogP) is 1.01. The van der Waals surface area contributed by atoms with E-state index in [0.717, 1.165) is 12.6 Å². The molecule has 0 amide bonds. The molecule has 0 aromatic carbocycles. The Bertz CT molecular complexity index is 170. The van der Waals surface area contributed by atoms with Crippen molar-refractivity contribution in [1.29, 1.82) is 0 Å². The van der Waals surface area contributed by atoms with Gasteiger partial charge < -0.3 is 5.32 Å². The van der Waals surface area contributed by atoms with Gasteiger partial charge in [-0.05, 0) is 13.5 Å².